The number of nitrogens with zero attached hydrogens (tertiary/aromatic N) is 2. The molecule has 17 heavy (non-hydrogen) atoms. The van der Waals surface area contributed by atoms with Crippen LogP contribution in [0.4, 0.5) is 5.82 Å². The number of hydrogen-bond donors (Lipinski definition) is 2. The predicted octanol–water partition coefficient (Wildman–Crippen LogP) is 1.02. The average Bonchev–Trinajstić information content (AvgIpc) is 2.41. The second-order valence-electron chi connectivity index (χ2n) is 4.48. The number of aliphatic hydroxyl groups is 1. The zero-order valence-corrected chi connectivity index (χ0v) is 10.2. The van der Waals surface area contributed by atoms with Crippen LogP contribution in [0.5, 0.6) is 0 Å². The highest BCUT2D eigenvalue weighted by Crippen LogP contribution is 2.16. The van der Waals surface area contributed by atoms with Crippen molar-refractivity contribution in [1.29, 1.82) is 0 Å². The minimum Gasteiger partial charge on any atom is -0.396 e. The second kappa shape index (κ2) is 6.57. The molecule has 0 bridgehead atoms. The van der Waals surface area contributed by atoms with Crippen molar-refractivity contribution in [2.24, 2.45) is 0 Å². The normalized spacial score (nSPS) is 17.4. The fourth-order valence-corrected chi connectivity index (χ4v) is 2.24. The van der Waals surface area contributed by atoms with Crippen molar-refractivity contribution < 1.29 is 5.11 Å². The zero-order chi connectivity index (χ0) is 11.9. The van der Waals surface area contributed by atoms with E-state index in [4.69, 9.17) is 5.11 Å². The Hall–Kier alpha value is -1.13. The molecule has 0 amide bonds. The van der Waals surface area contributed by atoms with E-state index >= 15 is 0 Å². The Kier molecular flexibility index (Phi) is 4.76. The number of anilines is 1. The lowest BCUT2D eigenvalue weighted by Crippen LogP contribution is -2.43. The molecule has 0 aromatic carbocycles. The number of pyridine rings is 1. The van der Waals surface area contributed by atoms with Crippen molar-refractivity contribution in [2.45, 2.75) is 25.3 Å². The van der Waals surface area contributed by atoms with E-state index in [1.807, 2.05) is 18.3 Å². The van der Waals surface area contributed by atoms with Crippen molar-refractivity contribution >= 4 is 5.82 Å². The molecule has 1 saturated heterocycles. The standard InChI is InChI=1S/C13H21N3O/c17-11-3-8-14-12-5-9-16(10-6-12)13-4-1-2-7-15-13/h1-2,4,7,12,14,17H,3,5-6,8-11H2. The van der Waals surface area contributed by atoms with Gasteiger partial charge >= 0.3 is 0 Å². The molecule has 4 nitrogen and oxygen atoms in total. The van der Waals surface area contributed by atoms with E-state index in [-0.39, 0.29) is 6.61 Å². The van der Waals surface area contributed by atoms with Crippen LogP contribution in [0.25, 0.3) is 0 Å². The first-order valence-corrected chi connectivity index (χ1v) is 6.40. The molecule has 0 radical (unpaired) electrons. The number of rotatable bonds is 5. The van der Waals surface area contributed by atoms with E-state index in [0.717, 1.165) is 44.7 Å². The smallest absolute Gasteiger partial charge is 0.128 e. The van der Waals surface area contributed by atoms with Gasteiger partial charge < -0.3 is 15.3 Å². The van der Waals surface area contributed by atoms with Crippen LogP contribution in [0.15, 0.2) is 24.4 Å². The maximum absolute atomic E-state index is 8.73. The summed E-state index contributed by atoms with van der Waals surface area (Å²) in [6, 6.07) is 6.65. The van der Waals surface area contributed by atoms with Crippen LogP contribution in [0.2, 0.25) is 0 Å². The molecule has 0 unspecified atom stereocenters. The monoisotopic (exact) mass is 235 g/mol. The zero-order valence-electron chi connectivity index (χ0n) is 10.2. The number of piperidine rings is 1. The van der Waals surface area contributed by atoms with Gasteiger partial charge in [0.2, 0.25) is 0 Å². The molecule has 1 aromatic heterocycles. The van der Waals surface area contributed by atoms with E-state index in [9.17, 15) is 0 Å². The van der Waals surface area contributed by atoms with Gasteiger partial charge in [0, 0.05) is 31.9 Å². The first-order valence-electron chi connectivity index (χ1n) is 6.40. The summed E-state index contributed by atoms with van der Waals surface area (Å²) in [5.41, 5.74) is 0. The molecule has 2 N–H and O–H groups in total. The Labute approximate surface area is 103 Å². The minimum absolute atomic E-state index is 0.278. The average molecular weight is 235 g/mol. The lowest BCUT2D eigenvalue weighted by molar-refractivity contribution is 0.280. The first kappa shape index (κ1) is 12.3. The maximum Gasteiger partial charge on any atom is 0.128 e. The maximum atomic E-state index is 8.73. The summed E-state index contributed by atoms with van der Waals surface area (Å²) >= 11 is 0. The molecule has 0 aliphatic carbocycles. The summed E-state index contributed by atoms with van der Waals surface area (Å²) < 4.78 is 0. The third kappa shape index (κ3) is 3.68. The highest BCUT2D eigenvalue weighted by Gasteiger charge is 2.18. The van der Waals surface area contributed by atoms with E-state index in [0.29, 0.717) is 6.04 Å². The van der Waals surface area contributed by atoms with Gasteiger partial charge in [0.25, 0.3) is 0 Å². The highest BCUT2D eigenvalue weighted by molar-refractivity contribution is 5.38. The Morgan fingerprint density at radius 1 is 1.35 bits per heavy atom. The van der Waals surface area contributed by atoms with Gasteiger partial charge in [0.05, 0.1) is 0 Å². The summed E-state index contributed by atoms with van der Waals surface area (Å²) in [6.45, 7) is 3.33. The molecule has 1 aromatic rings. The summed E-state index contributed by atoms with van der Waals surface area (Å²) in [4.78, 5) is 6.71. The van der Waals surface area contributed by atoms with Crippen molar-refractivity contribution in [3.63, 3.8) is 0 Å². The molecule has 2 heterocycles. The molecular weight excluding hydrogens is 214 g/mol. The van der Waals surface area contributed by atoms with Gasteiger partial charge in [-0.05, 0) is 37.9 Å². The number of aliphatic hydroxyl groups excluding tert-OH is 1. The minimum atomic E-state index is 0.278. The van der Waals surface area contributed by atoms with E-state index in [1.165, 1.54) is 0 Å². The van der Waals surface area contributed by atoms with E-state index < -0.39 is 0 Å². The lowest BCUT2D eigenvalue weighted by atomic mass is 10.0. The molecule has 4 heteroatoms. The van der Waals surface area contributed by atoms with Gasteiger partial charge in [0.1, 0.15) is 5.82 Å². The largest absolute Gasteiger partial charge is 0.396 e. The van der Waals surface area contributed by atoms with E-state index in [1.54, 1.807) is 0 Å². The van der Waals surface area contributed by atoms with Crippen LogP contribution in [-0.4, -0.2) is 42.4 Å². The van der Waals surface area contributed by atoms with Crippen molar-refractivity contribution in [3.05, 3.63) is 24.4 Å². The quantitative estimate of drug-likeness (QED) is 0.748. The molecule has 1 aliphatic heterocycles. The van der Waals surface area contributed by atoms with Crippen molar-refractivity contribution in [3.8, 4) is 0 Å². The van der Waals surface area contributed by atoms with Gasteiger partial charge in [-0.2, -0.15) is 0 Å². The Morgan fingerprint density at radius 3 is 2.82 bits per heavy atom. The molecule has 0 spiro atoms. The first-order chi connectivity index (χ1) is 8.40. The van der Waals surface area contributed by atoms with Gasteiger partial charge in [-0.25, -0.2) is 4.98 Å². The van der Waals surface area contributed by atoms with E-state index in [2.05, 4.69) is 21.3 Å². The number of hydrogen-bond acceptors (Lipinski definition) is 4. The lowest BCUT2D eigenvalue weighted by Gasteiger charge is -2.33. The predicted molar refractivity (Wildman–Crippen MR) is 69.2 cm³/mol. The van der Waals surface area contributed by atoms with Crippen LogP contribution in [0.3, 0.4) is 0 Å². The molecule has 94 valence electrons. The summed E-state index contributed by atoms with van der Waals surface area (Å²) in [5, 5.41) is 12.2. The van der Waals surface area contributed by atoms with Crippen molar-refractivity contribution in [1.82, 2.24) is 10.3 Å². The summed E-state index contributed by atoms with van der Waals surface area (Å²) in [6.07, 6.45) is 5.01. The molecule has 2 rings (SSSR count). The molecular formula is C13H21N3O. The molecule has 1 aliphatic rings. The summed E-state index contributed by atoms with van der Waals surface area (Å²) in [5.74, 6) is 1.08. The summed E-state index contributed by atoms with van der Waals surface area (Å²) in [7, 11) is 0. The molecule has 1 fully saturated rings. The fraction of sp³-hybridized carbons (Fsp3) is 0.615. The molecule has 0 atom stereocenters. The van der Waals surface area contributed by atoms with Crippen LogP contribution < -0.4 is 10.2 Å². The van der Waals surface area contributed by atoms with Crippen LogP contribution in [0.1, 0.15) is 19.3 Å². The van der Waals surface area contributed by atoms with Crippen LogP contribution >= 0.6 is 0 Å². The third-order valence-electron chi connectivity index (χ3n) is 3.24. The Balaban J connectivity index is 1.74. The van der Waals surface area contributed by atoms with Gasteiger partial charge in [-0.15, -0.1) is 0 Å². The third-order valence-corrected chi connectivity index (χ3v) is 3.24. The second-order valence-corrected chi connectivity index (χ2v) is 4.48. The number of nitrogens with one attached hydrogen (secondary N) is 1. The SMILES string of the molecule is OCCCNC1CCN(c2ccccn2)CC1. The number of aromatic nitrogens is 1. The van der Waals surface area contributed by atoms with Crippen LogP contribution in [0, 0.1) is 0 Å². The van der Waals surface area contributed by atoms with Gasteiger partial charge in [0.15, 0.2) is 0 Å². The van der Waals surface area contributed by atoms with Crippen LogP contribution in [-0.2, 0) is 0 Å². The van der Waals surface area contributed by atoms with Crippen molar-refractivity contribution in [2.75, 3.05) is 31.1 Å². The Morgan fingerprint density at radius 2 is 2.18 bits per heavy atom. The van der Waals surface area contributed by atoms with Gasteiger partial charge in [-0.1, -0.05) is 6.07 Å². The highest BCUT2D eigenvalue weighted by atomic mass is 16.3. The Bertz CT molecular complexity index is 310. The molecule has 0 saturated carbocycles. The fourth-order valence-electron chi connectivity index (χ4n) is 2.24. The van der Waals surface area contributed by atoms with Gasteiger partial charge in [-0.3, -0.25) is 0 Å². The topological polar surface area (TPSA) is 48.4 Å².